The van der Waals surface area contributed by atoms with Crippen molar-refractivity contribution in [2.45, 2.75) is 63.2 Å². The van der Waals surface area contributed by atoms with Crippen molar-refractivity contribution in [1.29, 1.82) is 0 Å². The number of nitrogens with zero attached hydrogens (tertiary/aromatic N) is 1. The van der Waals surface area contributed by atoms with E-state index in [-0.39, 0.29) is 36.8 Å². The lowest BCUT2D eigenvalue weighted by molar-refractivity contribution is -0.123. The Labute approximate surface area is 127 Å². The summed E-state index contributed by atoms with van der Waals surface area (Å²) in [6.45, 7) is 4.34. The smallest absolute Gasteiger partial charge is 0.237 e. The van der Waals surface area contributed by atoms with Gasteiger partial charge in [-0.15, -0.1) is 24.8 Å². The van der Waals surface area contributed by atoms with Crippen molar-refractivity contribution in [3.63, 3.8) is 0 Å². The summed E-state index contributed by atoms with van der Waals surface area (Å²) in [6, 6.07) is 1.90. The molecule has 1 aliphatic carbocycles. The summed E-state index contributed by atoms with van der Waals surface area (Å²) < 4.78 is 0. The third kappa shape index (κ3) is 3.97. The van der Waals surface area contributed by atoms with Crippen LogP contribution in [0.15, 0.2) is 0 Å². The van der Waals surface area contributed by atoms with Gasteiger partial charge in [0.2, 0.25) is 5.91 Å². The molecule has 2 aliphatic heterocycles. The van der Waals surface area contributed by atoms with Crippen LogP contribution in [0.1, 0.15) is 39.0 Å². The summed E-state index contributed by atoms with van der Waals surface area (Å²) in [5.74, 6) is 0.220. The third-order valence-corrected chi connectivity index (χ3v) is 4.36. The van der Waals surface area contributed by atoms with Crippen LogP contribution < -0.4 is 10.6 Å². The van der Waals surface area contributed by atoms with Crippen LogP contribution in [0.3, 0.4) is 0 Å². The highest BCUT2D eigenvalue weighted by Crippen LogP contribution is 2.33. The predicted molar refractivity (Wildman–Crippen MR) is 81.3 cm³/mol. The first-order chi connectivity index (χ1) is 8.24. The van der Waals surface area contributed by atoms with Crippen LogP contribution >= 0.6 is 24.8 Å². The first-order valence-corrected chi connectivity index (χ1v) is 7.03. The van der Waals surface area contributed by atoms with Gasteiger partial charge in [0.1, 0.15) is 0 Å². The van der Waals surface area contributed by atoms with Gasteiger partial charge >= 0.3 is 0 Å². The number of rotatable bonds is 3. The van der Waals surface area contributed by atoms with E-state index in [0.717, 1.165) is 38.4 Å². The molecule has 2 heterocycles. The lowest BCUT2D eigenvalue weighted by Gasteiger charge is -2.20. The number of carbonyl (C=O) groups is 1. The molecule has 3 fully saturated rings. The van der Waals surface area contributed by atoms with E-state index in [1.807, 2.05) is 0 Å². The molecular formula is C13H25Cl2N3O. The maximum absolute atomic E-state index is 12.0. The van der Waals surface area contributed by atoms with Crippen LogP contribution in [0, 0.1) is 0 Å². The molecule has 4 nitrogen and oxygen atoms in total. The SMILES string of the molecule is CC1CC(NC(=O)C2CCCN2)CN1C1CC1.Cl.Cl. The number of likely N-dealkylation sites (tertiary alicyclic amines) is 1. The van der Waals surface area contributed by atoms with Crippen molar-refractivity contribution in [1.82, 2.24) is 15.5 Å². The molecule has 19 heavy (non-hydrogen) atoms. The number of nitrogens with one attached hydrogen (secondary N) is 2. The van der Waals surface area contributed by atoms with Gasteiger partial charge in [0, 0.05) is 24.7 Å². The summed E-state index contributed by atoms with van der Waals surface area (Å²) in [5.41, 5.74) is 0. The molecule has 3 unspecified atom stereocenters. The van der Waals surface area contributed by atoms with Crippen LogP contribution in [0.5, 0.6) is 0 Å². The van der Waals surface area contributed by atoms with Crippen LogP contribution in [-0.2, 0) is 4.79 Å². The molecule has 0 spiro atoms. The van der Waals surface area contributed by atoms with E-state index in [4.69, 9.17) is 0 Å². The lowest BCUT2D eigenvalue weighted by atomic mass is 10.1. The Morgan fingerprint density at radius 1 is 1.26 bits per heavy atom. The highest BCUT2D eigenvalue weighted by molar-refractivity contribution is 5.85. The van der Waals surface area contributed by atoms with Gasteiger partial charge in [-0.25, -0.2) is 0 Å². The highest BCUT2D eigenvalue weighted by atomic mass is 35.5. The van der Waals surface area contributed by atoms with Crippen LogP contribution in [0.2, 0.25) is 0 Å². The summed E-state index contributed by atoms with van der Waals surface area (Å²) in [6.07, 6.45) is 5.97. The minimum absolute atomic E-state index is 0. The van der Waals surface area contributed by atoms with Crippen molar-refractivity contribution in [2.24, 2.45) is 0 Å². The molecule has 0 radical (unpaired) electrons. The van der Waals surface area contributed by atoms with E-state index in [9.17, 15) is 4.79 Å². The molecule has 2 saturated heterocycles. The van der Waals surface area contributed by atoms with Crippen molar-refractivity contribution in [3.8, 4) is 0 Å². The van der Waals surface area contributed by atoms with Gasteiger partial charge in [-0.05, 0) is 45.6 Å². The van der Waals surface area contributed by atoms with Crippen molar-refractivity contribution in [3.05, 3.63) is 0 Å². The summed E-state index contributed by atoms with van der Waals surface area (Å²) in [5, 5.41) is 6.48. The molecule has 3 aliphatic rings. The third-order valence-electron chi connectivity index (χ3n) is 4.36. The Morgan fingerprint density at radius 2 is 2.00 bits per heavy atom. The number of hydrogen-bond acceptors (Lipinski definition) is 3. The molecule has 112 valence electrons. The van der Waals surface area contributed by atoms with Gasteiger partial charge in [0.15, 0.2) is 0 Å². The first kappa shape index (κ1) is 17.0. The molecule has 0 aromatic carbocycles. The molecule has 0 aromatic heterocycles. The Hall–Kier alpha value is -0.0300. The van der Waals surface area contributed by atoms with E-state index < -0.39 is 0 Å². The Kier molecular flexibility index (Phi) is 6.37. The van der Waals surface area contributed by atoms with E-state index >= 15 is 0 Å². The fourth-order valence-electron chi connectivity index (χ4n) is 3.29. The zero-order valence-corrected chi connectivity index (χ0v) is 13.1. The van der Waals surface area contributed by atoms with Gasteiger partial charge in [-0.3, -0.25) is 9.69 Å². The Balaban J connectivity index is 0.000000902. The van der Waals surface area contributed by atoms with Gasteiger partial charge in [0.25, 0.3) is 0 Å². The molecular weight excluding hydrogens is 285 g/mol. The maximum Gasteiger partial charge on any atom is 0.237 e. The lowest BCUT2D eigenvalue weighted by Crippen LogP contribution is -2.46. The average molecular weight is 310 g/mol. The maximum atomic E-state index is 12.0. The largest absolute Gasteiger partial charge is 0.351 e. The predicted octanol–water partition coefficient (Wildman–Crippen LogP) is 1.32. The summed E-state index contributed by atoms with van der Waals surface area (Å²) in [7, 11) is 0. The Bertz CT molecular complexity index is 306. The molecule has 0 bridgehead atoms. The second kappa shape index (κ2) is 7.11. The molecule has 2 N–H and O–H groups in total. The van der Waals surface area contributed by atoms with E-state index in [2.05, 4.69) is 22.5 Å². The van der Waals surface area contributed by atoms with Crippen LogP contribution in [0.25, 0.3) is 0 Å². The molecule has 1 saturated carbocycles. The quantitative estimate of drug-likeness (QED) is 0.826. The molecule has 1 amide bonds. The van der Waals surface area contributed by atoms with Crippen molar-refractivity contribution < 1.29 is 4.79 Å². The fraction of sp³-hybridized carbons (Fsp3) is 0.923. The van der Waals surface area contributed by atoms with Crippen molar-refractivity contribution in [2.75, 3.05) is 13.1 Å². The van der Waals surface area contributed by atoms with E-state index in [1.54, 1.807) is 0 Å². The summed E-state index contributed by atoms with van der Waals surface area (Å²) >= 11 is 0. The molecule has 6 heteroatoms. The fourth-order valence-corrected chi connectivity index (χ4v) is 3.29. The highest BCUT2D eigenvalue weighted by Gasteiger charge is 2.39. The zero-order valence-electron chi connectivity index (χ0n) is 11.4. The second-order valence-corrected chi connectivity index (χ2v) is 5.87. The van der Waals surface area contributed by atoms with Gasteiger partial charge in [-0.1, -0.05) is 0 Å². The normalized spacial score (nSPS) is 34.5. The minimum Gasteiger partial charge on any atom is -0.351 e. The first-order valence-electron chi connectivity index (χ1n) is 7.03. The van der Waals surface area contributed by atoms with Crippen molar-refractivity contribution >= 4 is 30.7 Å². The van der Waals surface area contributed by atoms with E-state index in [0.29, 0.717) is 12.1 Å². The monoisotopic (exact) mass is 309 g/mol. The number of halogens is 2. The molecule has 3 rings (SSSR count). The number of amides is 1. The topological polar surface area (TPSA) is 44.4 Å². The van der Waals surface area contributed by atoms with Gasteiger partial charge < -0.3 is 10.6 Å². The Morgan fingerprint density at radius 3 is 2.58 bits per heavy atom. The van der Waals surface area contributed by atoms with Gasteiger partial charge in [0.05, 0.1) is 6.04 Å². The van der Waals surface area contributed by atoms with E-state index in [1.165, 1.54) is 12.8 Å². The summed E-state index contributed by atoms with van der Waals surface area (Å²) in [4.78, 5) is 14.6. The van der Waals surface area contributed by atoms with Crippen LogP contribution in [-0.4, -0.2) is 48.1 Å². The number of hydrogen-bond donors (Lipinski definition) is 2. The average Bonchev–Trinajstić information content (AvgIpc) is 2.86. The molecule has 0 aromatic rings. The van der Waals surface area contributed by atoms with Gasteiger partial charge in [-0.2, -0.15) is 0 Å². The number of carbonyl (C=O) groups excluding carboxylic acids is 1. The molecule has 3 atom stereocenters. The zero-order chi connectivity index (χ0) is 11.8. The van der Waals surface area contributed by atoms with Crippen LogP contribution in [0.4, 0.5) is 0 Å². The standard InChI is InChI=1S/C13H23N3O.2ClH/c1-9-7-10(8-16(9)11-4-5-11)15-13(17)12-3-2-6-14-12;;/h9-12,14H,2-8H2,1H3,(H,15,17);2*1H. The second-order valence-electron chi connectivity index (χ2n) is 5.87. The minimum atomic E-state index is 0.